The second-order valence-electron chi connectivity index (χ2n) is 5.28. The molecule has 1 aliphatic rings. The van der Waals surface area contributed by atoms with Crippen LogP contribution in [0.2, 0.25) is 5.02 Å². The van der Waals surface area contributed by atoms with E-state index in [2.05, 4.69) is 44.3 Å². The molecule has 0 aromatic heterocycles. The molecule has 1 nitrogen and oxygen atoms in total. The van der Waals surface area contributed by atoms with Crippen LogP contribution in [0, 0.1) is 11.8 Å². The SMILES string of the molecule is CCCNC1C(C)C(c2cccc(Cl)c2)C1C. The van der Waals surface area contributed by atoms with Crippen LogP contribution < -0.4 is 5.32 Å². The van der Waals surface area contributed by atoms with Crippen molar-refractivity contribution in [2.24, 2.45) is 11.8 Å². The van der Waals surface area contributed by atoms with Gasteiger partial charge < -0.3 is 5.32 Å². The highest BCUT2D eigenvalue weighted by Gasteiger charge is 2.45. The Balaban J connectivity index is 2.05. The van der Waals surface area contributed by atoms with Gasteiger partial charge in [-0.2, -0.15) is 0 Å². The molecule has 0 amide bonds. The van der Waals surface area contributed by atoms with E-state index in [9.17, 15) is 0 Å². The van der Waals surface area contributed by atoms with Crippen LogP contribution in [0.5, 0.6) is 0 Å². The van der Waals surface area contributed by atoms with E-state index in [1.165, 1.54) is 12.0 Å². The van der Waals surface area contributed by atoms with Crippen LogP contribution in [0.1, 0.15) is 38.7 Å². The predicted octanol–water partition coefficient (Wildman–Crippen LogP) is 4.08. The van der Waals surface area contributed by atoms with Gasteiger partial charge in [0.25, 0.3) is 0 Å². The minimum Gasteiger partial charge on any atom is -0.313 e. The molecule has 2 atom stereocenters. The zero-order valence-electron chi connectivity index (χ0n) is 10.9. The lowest BCUT2D eigenvalue weighted by Gasteiger charge is -2.50. The second-order valence-corrected chi connectivity index (χ2v) is 5.72. The number of hydrogen-bond acceptors (Lipinski definition) is 1. The molecular weight excluding hydrogens is 230 g/mol. The fourth-order valence-electron chi connectivity index (χ4n) is 3.26. The van der Waals surface area contributed by atoms with Crippen molar-refractivity contribution in [2.45, 2.75) is 39.2 Å². The van der Waals surface area contributed by atoms with Gasteiger partial charge in [0.2, 0.25) is 0 Å². The quantitative estimate of drug-likeness (QED) is 0.850. The molecule has 0 bridgehead atoms. The van der Waals surface area contributed by atoms with E-state index >= 15 is 0 Å². The van der Waals surface area contributed by atoms with Crippen LogP contribution in [0.15, 0.2) is 24.3 Å². The number of benzene rings is 1. The summed E-state index contributed by atoms with van der Waals surface area (Å²) in [5.41, 5.74) is 1.40. The summed E-state index contributed by atoms with van der Waals surface area (Å²) in [6, 6.07) is 9.00. The Hall–Kier alpha value is -0.530. The predicted molar refractivity (Wildman–Crippen MR) is 74.6 cm³/mol. The molecule has 1 N–H and O–H groups in total. The first-order valence-electron chi connectivity index (χ1n) is 6.64. The summed E-state index contributed by atoms with van der Waals surface area (Å²) in [4.78, 5) is 0. The Morgan fingerprint density at radius 3 is 2.53 bits per heavy atom. The van der Waals surface area contributed by atoms with Gasteiger partial charge in [-0.1, -0.05) is 44.5 Å². The van der Waals surface area contributed by atoms with Gasteiger partial charge in [-0.3, -0.25) is 0 Å². The van der Waals surface area contributed by atoms with Crippen molar-refractivity contribution in [3.63, 3.8) is 0 Å². The molecule has 1 saturated carbocycles. The van der Waals surface area contributed by atoms with Crippen LogP contribution in [-0.2, 0) is 0 Å². The Morgan fingerprint density at radius 1 is 1.24 bits per heavy atom. The van der Waals surface area contributed by atoms with E-state index in [0.29, 0.717) is 23.8 Å². The van der Waals surface area contributed by atoms with Crippen LogP contribution >= 0.6 is 11.6 Å². The number of halogens is 1. The van der Waals surface area contributed by atoms with Crippen molar-refractivity contribution in [3.8, 4) is 0 Å². The minimum atomic E-state index is 0.656. The van der Waals surface area contributed by atoms with E-state index in [1.54, 1.807) is 0 Å². The van der Waals surface area contributed by atoms with E-state index in [0.717, 1.165) is 11.6 Å². The zero-order valence-corrected chi connectivity index (χ0v) is 11.7. The van der Waals surface area contributed by atoms with Gasteiger partial charge in [0.1, 0.15) is 0 Å². The van der Waals surface area contributed by atoms with Crippen molar-refractivity contribution in [1.82, 2.24) is 5.32 Å². The maximum Gasteiger partial charge on any atom is 0.0408 e. The fraction of sp³-hybridized carbons (Fsp3) is 0.600. The fourth-order valence-corrected chi connectivity index (χ4v) is 3.46. The van der Waals surface area contributed by atoms with Crippen molar-refractivity contribution >= 4 is 11.6 Å². The Kier molecular flexibility index (Phi) is 4.11. The Labute approximate surface area is 110 Å². The molecule has 1 aromatic carbocycles. The molecule has 0 spiro atoms. The number of rotatable bonds is 4. The minimum absolute atomic E-state index is 0.656. The molecule has 1 aromatic rings. The molecule has 0 heterocycles. The van der Waals surface area contributed by atoms with Crippen LogP contribution in [0.4, 0.5) is 0 Å². The Morgan fingerprint density at radius 2 is 1.94 bits per heavy atom. The average molecular weight is 252 g/mol. The molecule has 1 fully saturated rings. The van der Waals surface area contributed by atoms with Gasteiger partial charge in [0.05, 0.1) is 0 Å². The van der Waals surface area contributed by atoms with Crippen molar-refractivity contribution < 1.29 is 0 Å². The third-order valence-electron chi connectivity index (χ3n) is 4.13. The van der Waals surface area contributed by atoms with Gasteiger partial charge in [0.15, 0.2) is 0 Å². The normalized spacial score (nSPS) is 32.2. The van der Waals surface area contributed by atoms with Crippen LogP contribution in [-0.4, -0.2) is 12.6 Å². The lowest BCUT2D eigenvalue weighted by Crippen LogP contribution is -2.55. The standard InChI is InChI=1S/C15H22ClN/c1-4-8-17-15-10(2)14(11(15)3)12-6-5-7-13(16)9-12/h5-7,9-11,14-15,17H,4,8H2,1-3H3. The van der Waals surface area contributed by atoms with Crippen LogP contribution in [0.3, 0.4) is 0 Å². The highest BCUT2D eigenvalue weighted by molar-refractivity contribution is 6.30. The summed E-state index contributed by atoms with van der Waals surface area (Å²) >= 11 is 6.07. The summed E-state index contributed by atoms with van der Waals surface area (Å²) in [6.45, 7) is 8.04. The van der Waals surface area contributed by atoms with Gasteiger partial charge in [0, 0.05) is 11.1 Å². The summed E-state index contributed by atoms with van der Waals surface area (Å²) in [6.07, 6.45) is 1.21. The van der Waals surface area contributed by atoms with Crippen molar-refractivity contribution in [1.29, 1.82) is 0 Å². The van der Waals surface area contributed by atoms with E-state index < -0.39 is 0 Å². The van der Waals surface area contributed by atoms with E-state index in [-0.39, 0.29) is 0 Å². The summed E-state index contributed by atoms with van der Waals surface area (Å²) in [5, 5.41) is 4.50. The second kappa shape index (κ2) is 5.41. The van der Waals surface area contributed by atoms with Crippen molar-refractivity contribution in [3.05, 3.63) is 34.9 Å². The average Bonchev–Trinajstić information content (AvgIpc) is 2.30. The number of hydrogen-bond donors (Lipinski definition) is 1. The van der Waals surface area contributed by atoms with Gasteiger partial charge in [-0.15, -0.1) is 0 Å². The van der Waals surface area contributed by atoms with Crippen LogP contribution in [0.25, 0.3) is 0 Å². The first kappa shape index (κ1) is 12.9. The summed E-state index contributed by atoms with van der Waals surface area (Å²) in [7, 11) is 0. The molecular formula is C15H22ClN. The van der Waals surface area contributed by atoms with Gasteiger partial charge in [-0.25, -0.2) is 0 Å². The van der Waals surface area contributed by atoms with E-state index in [1.807, 2.05) is 6.07 Å². The maximum atomic E-state index is 6.07. The lowest BCUT2D eigenvalue weighted by molar-refractivity contribution is 0.0968. The number of nitrogens with one attached hydrogen (secondary N) is 1. The van der Waals surface area contributed by atoms with Gasteiger partial charge in [-0.05, 0) is 48.4 Å². The monoisotopic (exact) mass is 251 g/mol. The molecule has 0 radical (unpaired) electrons. The Bertz CT molecular complexity index is 367. The first-order chi connectivity index (χ1) is 8.15. The molecule has 0 aliphatic heterocycles. The zero-order chi connectivity index (χ0) is 12.4. The molecule has 0 saturated heterocycles. The first-order valence-corrected chi connectivity index (χ1v) is 7.01. The third-order valence-corrected chi connectivity index (χ3v) is 4.36. The van der Waals surface area contributed by atoms with Gasteiger partial charge >= 0.3 is 0 Å². The molecule has 2 rings (SSSR count). The largest absolute Gasteiger partial charge is 0.313 e. The highest BCUT2D eigenvalue weighted by atomic mass is 35.5. The third kappa shape index (κ3) is 2.51. The van der Waals surface area contributed by atoms with E-state index in [4.69, 9.17) is 11.6 Å². The summed E-state index contributed by atoms with van der Waals surface area (Å²) < 4.78 is 0. The maximum absolute atomic E-state index is 6.07. The lowest BCUT2D eigenvalue weighted by atomic mass is 9.59. The topological polar surface area (TPSA) is 12.0 Å². The smallest absolute Gasteiger partial charge is 0.0408 e. The molecule has 94 valence electrons. The van der Waals surface area contributed by atoms with Crippen molar-refractivity contribution in [2.75, 3.05) is 6.54 Å². The summed E-state index contributed by atoms with van der Waals surface area (Å²) in [5.74, 6) is 2.06. The molecule has 1 aliphatic carbocycles. The highest BCUT2D eigenvalue weighted by Crippen LogP contribution is 2.47. The molecule has 2 unspecified atom stereocenters. The molecule has 17 heavy (non-hydrogen) atoms. The molecule has 2 heteroatoms.